The van der Waals surface area contributed by atoms with Crippen molar-refractivity contribution in [2.24, 2.45) is 0 Å². The summed E-state index contributed by atoms with van der Waals surface area (Å²) in [7, 11) is 1.46. The van der Waals surface area contributed by atoms with Crippen molar-refractivity contribution in [2.45, 2.75) is 64.5 Å². The number of nitrogens with zero attached hydrogens (tertiary/aromatic N) is 3. The van der Waals surface area contributed by atoms with Crippen LogP contribution in [0.4, 0.5) is 18.0 Å². The van der Waals surface area contributed by atoms with Crippen molar-refractivity contribution in [2.75, 3.05) is 20.2 Å². The van der Waals surface area contributed by atoms with Gasteiger partial charge in [-0.2, -0.15) is 13.2 Å². The maximum atomic E-state index is 13.3. The molecule has 1 aliphatic rings. The number of methoxy groups -OCH3 is 1. The molecular formula is C32H35F3N4O7. The Bertz CT molecular complexity index is 1680. The largest absolute Gasteiger partial charge is 0.493 e. The average molecular weight is 645 g/mol. The second-order valence-corrected chi connectivity index (χ2v) is 11.6. The topological polar surface area (TPSA) is 129 Å². The third-order valence-corrected chi connectivity index (χ3v) is 6.97. The summed E-state index contributed by atoms with van der Waals surface area (Å²) in [6, 6.07) is 12.7. The third-order valence-electron chi connectivity index (χ3n) is 6.97. The number of hydrogen-bond donors (Lipinski definition) is 1. The van der Waals surface area contributed by atoms with Crippen molar-refractivity contribution < 1.29 is 41.8 Å². The molecule has 1 aromatic heterocycles. The lowest BCUT2D eigenvalue weighted by Crippen LogP contribution is -2.47. The molecule has 0 radical (unpaired) electrons. The van der Waals surface area contributed by atoms with Crippen molar-refractivity contribution in [3.8, 4) is 11.5 Å². The predicted octanol–water partition coefficient (Wildman–Crippen LogP) is 4.75. The highest BCUT2D eigenvalue weighted by molar-refractivity contribution is 6.02. The van der Waals surface area contributed by atoms with E-state index in [9.17, 15) is 32.3 Å². The van der Waals surface area contributed by atoms with Gasteiger partial charge in [0.05, 0.1) is 30.9 Å². The van der Waals surface area contributed by atoms with Crippen molar-refractivity contribution >= 4 is 28.8 Å². The fourth-order valence-corrected chi connectivity index (χ4v) is 4.75. The number of benzene rings is 2. The first-order valence-corrected chi connectivity index (χ1v) is 14.5. The summed E-state index contributed by atoms with van der Waals surface area (Å²) in [6.45, 7) is 3.93. The predicted molar refractivity (Wildman–Crippen MR) is 161 cm³/mol. The first kappa shape index (κ1) is 34.0. The van der Waals surface area contributed by atoms with Gasteiger partial charge in [0.2, 0.25) is 0 Å². The Morgan fingerprint density at radius 1 is 1.09 bits per heavy atom. The summed E-state index contributed by atoms with van der Waals surface area (Å²) < 4.78 is 56.3. The standard InChI is InChI=1S/C32H35F3N4O7/c1-31(2,3)46-30(43)39(15-14-36-29(42)32(33,34)35)27(40)21-10-12-22(13-11-21)45-26-16-23-24(17-25(26)44-4)37-19-38(28(23)41)18-20-8-6-5-7-9-20/h5-10,16-17,19,22H,11-15,18H2,1-4H3,(H,36,42). The molecule has 4 rings (SSSR count). The fourth-order valence-electron chi connectivity index (χ4n) is 4.75. The van der Waals surface area contributed by atoms with Crippen LogP contribution in [0.5, 0.6) is 11.5 Å². The molecule has 0 fully saturated rings. The second-order valence-electron chi connectivity index (χ2n) is 11.6. The minimum atomic E-state index is -5.11. The van der Waals surface area contributed by atoms with Crippen LogP contribution in [-0.2, 0) is 20.9 Å². The molecule has 2 aromatic carbocycles. The SMILES string of the molecule is COc1cc2ncn(Cc3ccccc3)c(=O)c2cc1OC1CC=C(C(=O)N(CCNC(=O)C(F)(F)F)C(=O)OC(C)(C)C)CC1. The van der Waals surface area contributed by atoms with Gasteiger partial charge in [-0.15, -0.1) is 0 Å². The van der Waals surface area contributed by atoms with Gasteiger partial charge in [0.15, 0.2) is 11.5 Å². The molecule has 0 aliphatic heterocycles. The van der Waals surface area contributed by atoms with Crippen LogP contribution >= 0.6 is 0 Å². The number of aromatic nitrogens is 2. The van der Waals surface area contributed by atoms with Crippen LogP contribution in [0.1, 0.15) is 45.6 Å². The third kappa shape index (κ3) is 8.64. The van der Waals surface area contributed by atoms with E-state index in [4.69, 9.17) is 14.2 Å². The Hall–Kier alpha value is -4.88. The summed E-state index contributed by atoms with van der Waals surface area (Å²) in [5.74, 6) is -2.25. The molecule has 0 bridgehead atoms. The molecule has 1 atom stereocenters. The van der Waals surface area contributed by atoms with Gasteiger partial charge in [-0.05, 0) is 45.2 Å². The van der Waals surface area contributed by atoms with Crippen LogP contribution in [-0.4, -0.2) is 70.4 Å². The zero-order chi connectivity index (χ0) is 33.6. The van der Waals surface area contributed by atoms with Crippen molar-refractivity contribution in [3.05, 3.63) is 76.4 Å². The van der Waals surface area contributed by atoms with Crippen LogP contribution < -0.4 is 20.3 Å². The molecule has 1 N–H and O–H groups in total. The van der Waals surface area contributed by atoms with Crippen molar-refractivity contribution in [1.82, 2.24) is 19.8 Å². The molecule has 1 unspecified atom stereocenters. The average Bonchev–Trinajstić information content (AvgIpc) is 3.00. The number of carbonyl (C=O) groups is 3. The molecular weight excluding hydrogens is 609 g/mol. The highest BCUT2D eigenvalue weighted by atomic mass is 19.4. The Labute approximate surface area is 262 Å². The van der Waals surface area contributed by atoms with E-state index in [2.05, 4.69) is 4.98 Å². The van der Waals surface area contributed by atoms with Gasteiger partial charge in [0.25, 0.3) is 11.5 Å². The number of alkyl halides is 3. The number of nitrogens with one attached hydrogen (secondary N) is 1. The number of imide groups is 1. The maximum Gasteiger partial charge on any atom is 0.471 e. The molecule has 0 saturated heterocycles. The van der Waals surface area contributed by atoms with Crippen LogP contribution in [0.3, 0.4) is 0 Å². The Balaban J connectivity index is 1.49. The lowest BCUT2D eigenvalue weighted by molar-refractivity contribution is -0.173. The number of fused-ring (bicyclic) bond motifs is 1. The van der Waals surface area contributed by atoms with E-state index >= 15 is 0 Å². The van der Waals surface area contributed by atoms with Crippen LogP contribution in [0.25, 0.3) is 10.9 Å². The van der Waals surface area contributed by atoms with E-state index < -0.39 is 48.9 Å². The minimum Gasteiger partial charge on any atom is -0.493 e. The van der Waals surface area contributed by atoms with E-state index in [0.717, 1.165) is 5.56 Å². The molecule has 0 spiro atoms. The van der Waals surface area contributed by atoms with Gasteiger partial charge in [-0.25, -0.2) is 14.7 Å². The highest BCUT2D eigenvalue weighted by Gasteiger charge is 2.39. The molecule has 246 valence electrons. The number of rotatable bonds is 9. The van der Waals surface area contributed by atoms with E-state index in [1.165, 1.54) is 18.0 Å². The van der Waals surface area contributed by atoms with Gasteiger partial charge in [0, 0.05) is 31.1 Å². The second kappa shape index (κ2) is 14.0. The smallest absolute Gasteiger partial charge is 0.471 e. The van der Waals surface area contributed by atoms with E-state index in [-0.39, 0.29) is 24.0 Å². The lowest BCUT2D eigenvalue weighted by Gasteiger charge is -2.29. The molecule has 0 saturated carbocycles. The molecule has 3 aromatic rings. The van der Waals surface area contributed by atoms with Gasteiger partial charge >= 0.3 is 18.2 Å². The van der Waals surface area contributed by atoms with Gasteiger partial charge < -0.3 is 19.5 Å². The van der Waals surface area contributed by atoms with Gasteiger partial charge in [0.1, 0.15) is 11.7 Å². The number of hydrogen-bond acceptors (Lipinski definition) is 8. The van der Waals surface area contributed by atoms with Crippen molar-refractivity contribution in [3.63, 3.8) is 0 Å². The minimum absolute atomic E-state index is 0.180. The fraction of sp³-hybridized carbons (Fsp3) is 0.406. The summed E-state index contributed by atoms with van der Waals surface area (Å²) >= 11 is 0. The molecule has 3 amide bonds. The molecule has 14 heteroatoms. The van der Waals surface area contributed by atoms with Crippen LogP contribution in [0.2, 0.25) is 0 Å². The number of amides is 3. The van der Waals surface area contributed by atoms with Gasteiger partial charge in [-0.1, -0.05) is 36.4 Å². The molecule has 1 heterocycles. The monoisotopic (exact) mass is 644 g/mol. The Kier molecular flexibility index (Phi) is 10.4. The highest BCUT2D eigenvalue weighted by Crippen LogP contribution is 2.34. The van der Waals surface area contributed by atoms with E-state index in [0.29, 0.717) is 40.3 Å². The summed E-state index contributed by atoms with van der Waals surface area (Å²) in [5.41, 5.74) is 0.372. The summed E-state index contributed by atoms with van der Waals surface area (Å²) in [4.78, 5) is 55.8. The van der Waals surface area contributed by atoms with E-state index in [1.54, 1.807) is 44.3 Å². The number of halogens is 3. The zero-order valence-electron chi connectivity index (χ0n) is 25.8. The normalized spacial score (nSPS) is 15.1. The molecule has 1 aliphatic carbocycles. The van der Waals surface area contributed by atoms with E-state index in [1.807, 2.05) is 30.3 Å². The Morgan fingerprint density at radius 2 is 1.80 bits per heavy atom. The molecule has 46 heavy (non-hydrogen) atoms. The first-order valence-electron chi connectivity index (χ1n) is 14.5. The number of ether oxygens (including phenoxy) is 3. The lowest BCUT2D eigenvalue weighted by atomic mass is 9.96. The number of carbonyl (C=O) groups excluding carboxylic acids is 3. The summed E-state index contributed by atoms with van der Waals surface area (Å²) in [5, 5.41) is 2.00. The van der Waals surface area contributed by atoms with Crippen LogP contribution in [0.15, 0.2) is 65.2 Å². The van der Waals surface area contributed by atoms with Crippen LogP contribution in [0, 0.1) is 0 Å². The molecule has 11 nitrogen and oxygen atoms in total. The maximum absolute atomic E-state index is 13.3. The van der Waals surface area contributed by atoms with Gasteiger partial charge in [-0.3, -0.25) is 19.0 Å². The first-order chi connectivity index (χ1) is 21.7. The summed E-state index contributed by atoms with van der Waals surface area (Å²) in [6.07, 6.45) is -2.74. The zero-order valence-corrected chi connectivity index (χ0v) is 25.8. The van der Waals surface area contributed by atoms with Crippen molar-refractivity contribution in [1.29, 1.82) is 0 Å². The Morgan fingerprint density at radius 3 is 2.41 bits per heavy atom. The quantitative estimate of drug-likeness (QED) is 0.354.